The maximum atomic E-state index is 12.7. The van der Waals surface area contributed by atoms with Crippen molar-refractivity contribution in [1.82, 2.24) is 4.31 Å². The maximum Gasteiger partial charge on any atom is 0.180 e. The first-order valence-corrected chi connectivity index (χ1v) is 5.48. The normalized spacial score (nSPS) is 18.1. The number of hydrogen-bond donors (Lipinski definition) is 0. The summed E-state index contributed by atoms with van der Waals surface area (Å²) in [4.78, 5) is 0.707. The van der Waals surface area contributed by atoms with Gasteiger partial charge in [0.05, 0.1) is 12.7 Å². The molecule has 1 heterocycles. The van der Waals surface area contributed by atoms with E-state index in [2.05, 4.69) is 0 Å². The van der Waals surface area contributed by atoms with Crippen molar-refractivity contribution < 1.29 is 8.94 Å². The predicted octanol–water partition coefficient (Wildman–Crippen LogP) is 2.23. The summed E-state index contributed by atoms with van der Waals surface area (Å²) in [7, 11) is 0. The molecule has 0 radical (unpaired) electrons. The molecule has 0 amide bonds. The molecule has 0 aromatic heterocycles. The lowest BCUT2D eigenvalue weighted by Gasteiger charge is -2.18. The number of rotatable bonds is 2. The van der Waals surface area contributed by atoms with Crippen molar-refractivity contribution >= 4 is 11.4 Å². The largest absolute Gasteiger partial charge is 0.588 e. The molecule has 0 saturated carbocycles. The van der Waals surface area contributed by atoms with Gasteiger partial charge in [-0.05, 0) is 12.1 Å². The lowest BCUT2D eigenvalue weighted by atomic mass is 10.4. The van der Waals surface area contributed by atoms with Crippen molar-refractivity contribution in [3.63, 3.8) is 0 Å². The van der Waals surface area contributed by atoms with E-state index in [-0.39, 0.29) is 5.83 Å². The summed E-state index contributed by atoms with van der Waals surface area (Å²) in [5.41, 5.74) is 0. The third-order valence-electron chi connectivity index (χ3n) is 2.01. The SMILES string of the molecule is [O-][S+](c1ccccc1)N1C=C(F)CC1. The third kappa shape index (κ3) is 1.91. The summed E-state index contributed by atoms with van der Waals surface area (Å²) >= 11 is -1.26. The summed E-state index contributed by atoms with van der Waals surface area (Å²) in [5.74, 6) is -0.200. The molecule has 0 N–H and O–H groups in total. The average molecular weight is 211 g/mol. The zero-order valence-electron chi connectivity index (χ0n) is 7.52. The van der Waals surface area contributed by atoms with Gasteiger partial charge >= 0.3 is 0 Å². The lowest BCUT2D eigenvalue weighted by Crippen LogP contribution is -2.23. The van der Waals surface area contributed by atoms with Crippen LogP contribution in [0.5, 0.6) is 0 Å². The van der Waals surface area contributed by atoms with Crippen LogP contribution in [-0.2, 0) is 11.4 Å². The van der Waals surface area contributed by atoms with Crippen LogP contribution in [0.1, 0.15) is 6.42 Å². The van der Waals surface area contributed by atoms with E-state index in [9.17, 15) is 8.94 Å². The molecule has 1 atom stereocenters. The molecular formula is C10H10FNOS. The van der Waals surface area contributed by atoms with E-state index in [1.807, 2.05) is 18.2 Å². The first-order valence-electron chi connectivity index (χ1n) is 4.37. The summed E-state index contributed by atoms with van der Waals surface area (Å²) in [6.07, 6.45) is 1.68. The Bertz CT molecular complexity index is 341. The topological polar surface area (TPSA) is 26.3 Å². The smallest absolute Gasteiger partial charge is 0.180 e. The second-order valence-electron chi connectivity index (χ2n) is 3.03. The Morgan fingerprint density at radius 1 is 1.29 bits per heavy atom. The molecule has 0 spiro atoms. The minimum atomic E-state index is -1.26. The molecule has 1 aromatic rings. The van der Waals surface area contributed by atoms with Gasteiger partial charge in [0.15, 0.2) is 4.90 Å². The first-order chi connectivity index (χ1) is 6.77. The Labute approximate surface area is 85.4 Å². The van der Waals surface area contributed by atoms with E-state index < -0.39 is 11.4 Å². The van der Waals surface area contributed by atoms with Crippen LogP contribution in [0.2, 0.25) is 0 Å². The maximum absolute atomic E-state index is 12.7. The second kappa shape index (κ2) is 4.02. The molecule has 0 bridgehead atoms. The quantitative estimate of drug-likeness (QED) is 0.701. The van der Waals surface area contributed by atoms with Crippen molar-refractivity contribution in [2.24, 2.45) is 0 Å². The van der Waals surface area contributed by atoms with E-state index in [0.717, 1.165) is 0 Å². The second-order valence-corrected chi connectivity index (χ2v) is 4.47. The fourth-order valence-electron chi connectivity index (χ4n) is 1.31. The molecule has 1 aliphatic heterocycles. The summed E-state index contributed by atoms with van der Waals surface area (Å²) in [5, 5.41) is 0. The van der Waals surface area contributed by atoms with E-state index in [1.54, 1.807) is 12.1 Å². The summed E-state index contributed by atoms with van der Waals surface area (Å²) in [6, 6.07) is 9.06. The van der Waals surface area contributed by atoms with Gasteiger partial charge in [0, 0.05) is 6.42 Å². The van der Waals surface area contributed by atoms with Crippen molar-refractivity contribution in [3.05, 3.63) is 42.4 Å². The molecule has 74 valence electrons. The molecule has 0 saturated heterocycles. The van der Waals surface area contributed by atoms with Gasteiger partial charge in [-0.3, -0.25) is 0 Å². The molecule has 1 aromatic carbocycles. The Morgan fingerprint density at radius 3 is 2.57 bits per heavy atom. The molecule has 2 rings (SSSR count). The van der Waals surface area contributed by atoms with Crippen molar-refractivity contribution in [1.29, 1.82) is 0 Å². The van der Waals surface area contributed by atoms with E-state index in [0.29, 0.717) is 17.9 Å². The molecule has 0 fully saturated rings. The van der Waals surface area contributed by atoms with Gasteiger partial charge in [-0.1, -0.05) is 18.2 Å². The highest BCUT2D eigenvalue weighted by atomic mass is 32.2. The van der Waals surface area contributed by atoms with Crippen LogP contribution in [0.15, 0.2) is 47.3 Å². The lowest BCUT2D eigenvalue weighted by molar-refractivity contribution is 0.515. The van der Waals surface area contributed by atoms with Crippen LogP contribution in [0.25, 0.3) is 0 Å². The Balaban J connectivity index is 2.13. The fraction of sp³-hybridized carbons (Fsp3) is 0.200. The molecular weight excluding hydrogens is 201 g/mol. The molecule has 14 heavy (non-hydrogen) atoms. The van der Waals surface area contributed by atoms with Gasteiger partial charge in [0.2, 0.25) is 0 Å². The highest BCUT2D eigenvalue weighted by molar-refractivity contribution is 7.89. The van der Waals surface area contributed by atoms with Crippen LogP contribution >= 0.6 is 0 Å². The van der Waals surface area contributed by atoms with Crippen LogP contribution < -0.4 is 0 Å². The van der Waals surface area contributed by atoms with Crippen LogP contribution in [0, 0.1) is 0 Å². The first kappa shape index (κ1) is 9.55. The zero-order valence-corrected chi connectivity index (χ0v) is 8.34. The van der Waals surface area contributed by atoms with Gasteiger partial charge < -0.3 is 4.55 Å². The number of nitrogens with zero attached hydrogens (tertiary/aromatic N) is 1. The monoisotopic (exact) mass is 211 g/mol. The van der Waals surface area contributed by atoms with Crippen LogP contribution in [-0.4, -0.2) is 15.4 Å². The van der Waals surface area contributed by atoms with Gasteiger partial charge in [-0.25, -0.2) is 4.39 Å². The minimum Gasteiger partial charge on any atom is -0.588 e. The summed E-state index contributed by atoms with van der Waals surface area (Å²) < 4.78 is 26.1. The molecule has 1 unspecified atom stereocenters. The highest BCUT2D eigenvalue weighted by Gasteiger charge is 2.24. The standard InChI is InChI=1S/C10H10FNOS/c11-9-6-7-12(8-9)14(13)10-4-2-1-3-5-10/h1-5,8H,6-7H2. The van der Waals surface area contributed by atoms with Gasteiger partial charge in [0.25, 0.3) is 0 Å². The molecule has 0 aliphatic carbocycles. The fourth-order valence-corrected chi connectivity index (χ4v) is 2.43. The Kier molecular flexibility index (Phi) is 2.74. The van der Waals surface area contributed by atoms with E-state index >= 15 is 0 Å². The van der Waals surface area contributed by atoms with E-state index in [4.69, 9.17) is 0 Å². The number of benzene rings is 1. The van der Waals surface area contributed by atoms with Gasteiger partial charge in [0.1, 0.15) is 17.2 Å². The molecule has 2 nitrogen and oxygen atoms in total. The zero-order chi connectivity index (χ0) is 9.97. The number of hydrogen-bond acceptors (Lipinski definition) is 2. The molecule has 1 aliphatic rings. The van der Waals surface area contributed by atoms with Crippen molar-refractivity contribution in [2.45, 2.75) is 11.3 Å². The summed E-state index contributed by atoms with van der Waals surface area (Å²) in [6.45, 7) is 0.493. The third-order valence-corrected chi connectivity index (χ3v) is 3.40. The van der Waals surface area contributed by atoms with Gasteiger partial charge in [-0.2, -0.15) is 4.31 Å². The number of halogens is 1. The van der Waals surface area contributed by atoms with Crippen molar-refractivity contribution in [3.8, 4) is 0 Å². The van der Waals surface area contributed by atoms with Crippen LogP contribution in [0.4, 0.5) is 4.39 Å². The highest BCUT2D eigenvalue weighted by Crippen LogP contribution is 2.23. The Morgan fingerprint density at radius 2 is 2.00 bits per heavy atom. The minimum absolute atomic E-state index is 0.200. The van der Waals surface area contributed by atoms with E-state index in [1.165, 1.54) is 10.5 Å². The average Bonchev–Trinajstić information content (AvgIpc) is 2.65. The predicted molar refractivity (Wildman–Crippen MR) is 53.4 cm³/mol. The van der Waals surface area contributed by atoms with Crippen LogP contribution in [0.3, 0.4) is 0 Å². The van der Waals surface area contributed by atoms with Gasteiger partial charge in [-0.15, -0.1) is 0 Å². The van der Waals surface area contributed by atoms with Crippen molar-refractivity contribution in [2.75, 3.05) is 6.54 Å². The molecule has 4 heteroatoms. The Hall–Kier alpha value is -1.00.